The quantitative estimate of drug-likeness (QED) is 0.522. The van der Waals surface area contributed by atoms with Crippen LogP contribution in [0.3, 0.4) is 0 Å². The number of hydrogen-bond acceptors (Lipinski definition) is 5. The molecule has 1 heterocycles. The molecule has 0 radical (unpaired) electrons. The van der Waals surface area contributed by atoms with Crippen molar-refractivity contribution in [2.75, 3.05) is 19.7 Å². The standard InChI is InChI=1S/C23H23ClFNO5/c1-3-9-26(4-2)23(29)21(13-27)30-15-6-8-17-18(12-22(28)31-20(17)11-15)16-7-5-14(25)10-19(16)24/h5-8,10-12,21,27H,3-4,9,13H2,1-2H3. The highest BCUT2D eigenvalue weighted by molar-refractivity contribution is 6.33. The number of ether oxygens (including phenoxy) is 1. The zero-order chi connectivity index (χ0) is 22.5. The van der Waals surface area contributed by atoms with E-state index in [1.165, 1.54) is 30.3 Å². The molecule has 3 rings (SSSR count). The van der Waals surface area contributed by atoms with Crippen LogP contribution in [0.1, 0.15) is 20.3 Å². The Hall–Kier alpha value is -2.90. The molecule has 0 fully saturated rings. The van der Waals surface area contributed by atoms with E-state index in [1.807, 2.05) is 13.8 Å². The number of carbonyl (C=O) groups is 1. The lowest BCUT2D eigenvalue weighted by atomic mass is 10.0. The maximum atomic E-state index is 13.4. The van der Waals surface area contributed by atoms with E-state index in [0.29, 0.717) is 29.6 Å². The van der Waals surface area contributed by atoms with E-state index in [9.17, 15) is 19.1 Å². The van der Waals surface area contributed by atoms with Crippen LogP contribution in [0.2, 0.25) is 5.02 Å². The van der Waals surface area contributed by atoms with Gasteiger partial charge in [-0.1, -0.05) is 18.5 Å². The van der Waals surface area contributed by atoms with Gasteiger partial charge in [0.1, 0.15) is 17.1 Å². The highest BCUT2D eigenvalue weighted by Crippen LogP contribution is 2.34. The van der Waals surface area contributed by atoms with Crippen LogP contribution in [0, 0.1) is 5.82 Å². The topological polar surface area (TPSA) is 80.0 Å². The van der Waals surface area contributed by atoms with Gasteiger partial charge >= 0.3 is 5.63 Å². The normalized spacial score (nSPS) is 12.0. The van der Waals surface area contributed by atoms with Crippen LogP contribution in [0.25, 0.3) is 22.1 Å². The first-order chi connectivity index (χ1) is 14.9. The third kappa shape index (κ3) is 5.06. The second-order valence-electron chi connectivity index (χ2n) is 6.97. The fourth-order valence-corrected chi connectivity index (χ4v) is 3.64. The van der Waals surface area contributed by atoms with Crippen molar-refractivity contribution >= 4 is 28.5 Å². The van der Waals surface area contributed by atoms with E-state index >= 15 is 0 Å². The molecule has 1 N–H and O–H groups in total. The number of likely N-dealkylation sites (N-methyl/N-ethyl adjacent to an activating group) is 1. The van der Waals surface area contributed by atoms with Crippen molar-refractivity contribution in [3.63, 3.8) is 0 Å². The number of hydrogen-bond donors (Lipinski definition) is 1. The molecule has 2 aromatic carbocycles. The molecular formula is C23H23ClFNO5. The van der Waals surface area contributed by atoms with E-state index < -0.39 is 24.2 Å². The van der Waals surface area contributed by atoms with Crippen LogP contribution in [0.4, 0.5) is 4.39 Å². The summed E-state index contributed by atoms with van der Waals surface area (Å²) in [5, 5.41) is 10.4. The molecule has 0 saturated heterocycles. The van der Waals surface area contributed by atoms with Gasteiger partial charge in [-0.3, -0.25) is 4.79 Å². The summed E-state index contributed by atoms with van der Waals surface area (Å²) >= 11 is 6.17. The van der Waals surface area contributed by atoms with Gasteiger partial charge in [0, 0.05) is 41.7 Å². The number of benzene rings is 2. The second-order valence-corrected chi connectivity index (χ2v) is 7.38. The van der Waals surface area contributed by atoms with Gasteiger partial charge in [-0.25, -0.2) is 9.18 Å². The average Bonchev–Trinajstić information content (AvgIpc) is 2.74. The molecular weight excluding hydrogens is 425 g/mol. The minimum absolute atomic E-state index is 0.161. The van der Waals surface area contributed by atoms with Gasteiger partial charge in [-0.05, 0) is 43.7 Å². The summed E-state index contributed by atoms with van der Waals surface area (Å²) in [6, 6.07) is 9.94. The fourth-order valence-electron chi connectivity index (χ4n) is 3.37. The summed E-state index contributed by atoms with van der Waals surface area (Å²) in [5.74, 6) is -0.543. The number of aliphatic hydroxyl groups excluding tert-OH is 1. The smallest absolute Gasteiger partial charge is 0.336 e. The van der Waals surface area contributed by atoms with E-state index in [2.05, 4.69) is 0 Å². The maximum Gasteiger partial charge on any atom is 0.336 e. The van der Waals surface area contributed by atoms with Crippen molar-refractivity contribution < 1.29 is 23.4 Å². The van der Waals surface area contributed by atoms with E-state index in [-0.39, 0.29) is 22.3 Å². The number of halogens is 2. The lowest BCUT2D eigenvalue weighted by Gasteiger charge is -2.25. The van der Waals surface area contributed by atoms with Crippen molar-refractivity contribution in [1.82, 2.24) is 4.90 Å². The minimum atomic E-state index is -1.08. The predicted molar refractivity (Wildman–Crippen MR) is 117 cm³/mol. The van der Waals surface area contributed by atoms with E-state index in [4.69, 9.17) is 20.8 Å². The molecule has 1 amide bonds. The molecule has 6 nitrogen and oxygen atoms in total. The average molecular weight is 448 g/mol. The molecule has 31 heavy (non-hydrogen) atoms. The Balaban J connectivity index is 1.98. The predicted octanol–water partition coefficient (Wildman–Crippen LogP) is 4.25. The second kappa shape index (κ2) is 9.94. The van der Waals surface area contributed by atoms with Crippen LogP contribution in [-0.2, 0) is 4.79 Å². The lowest BCUT2D eigenvalue weighted by Crippen LogP contribution is -2.44. The zero-order valence-corrected chi connectivity index (χ0v) is 18.0. The van der Waals surface area contributed by atoms with Gasteiger partial charge < -0.3 is 19.2 Å². The van der Waals surface area contributed by atoms with Gasteiger partial charge in [0.2, 0.25) is 0 Å². The van der Waals surface area contributed by atoms with Gasteiger partial charge in [0.05, 0.1) is 11.6 Å². The highest BCUT2D eigenvalue weighted by atomic mass is 35.5. The van der Waals surface area contributed by atoms with Crippen molar-refractivity contribution in [2.24, 2.45) is 0 Å². The van der Waals surface area contributed by atoms with E-state index in [0.717, 1.165) is 6.42 Å². The molecule has 0 aliphatic rings. The van der Waals surface area contributed by atoms with Gasteiger partial charge in [-0.15, -0.1) is 0 Å². The highest BCUT2D eigenvalue weighted by Gasteiger charge is 2.24. The van der Waals surface area contributed by atoms with Crippen molar-refractivity contribution in [3.8, 4) is 16.9 Å². The lowest BCUT2D eigenvalue weighted by molar-refractivity contribution is -0.140. The van der Waals surface area contributed by atoms with E-state index in [1.54, 1.807) is 17.0 Å². The van der Waals surface area contributed by atoms with Gasteiger partial charge in [0.25, 0.3) is 5.91 Å². The fraction of sp³-hybridized carbons (Fsp3) is 0.304. The summed E-state index contributed by atoms with van der Waals surface area (Å²) in [5.41, 5.74) is 0.564. The molecule has 3 aromatic rings. The molecule has 0 spiro atoms. The van der Waals surface area contributed by atoms with Crippen LogP contribution in [-0.4, -0.2) is 41.7 Å². The van der Waals surface area contributed by atoms with Crippen LogP contribution in [0.15, 0.2) is 51.7 Å². The molecule has 0 bridgehead atoms. The summed E-state index contributed by atoms with van der Waals surface area (Å²) < 4.78 is 24.4. The SMILES string of the molecule is CCCN(CC)C(=O)C(CO)Oc1ccc2c(-c3ccc(F)cc3Cl)cc(=O)oc2c1. The Bertz CT molecular complexity index is 1150. The van der Waals surface area contributed by atoms with Crippen molar-refractivity contribution in [3.05, 3.63) is 63.7 Å². The first kappa shape index (κ1) is 22.8. The van der Waals surface area contributed by atoms with Gasteiger partial charge in [-0.2, -0.15) is 0 Å². The third-order valence-electron chi connectivity index (χ3n) is 4.84. The third-order valence-corrected chi connectivity index (χ3v) is 5.16. The molecule has 0 aliphatic heterocycles. The molecule has 1 unspecified atom stereocenters. The molecule has 0 aliphatic carbocycles. The minimum Gasteiger partial charge on any atom is -0.478 e. The number of rotatable bonds is 8. The number of nitrogens with zero attached hydrogens (tertiary/aromatic N) is 1. The summed E-state index contributed by atoms with van der Waals surface area (Å²) in [6.45, 7) is 4.38. The zero-order valence-electron chi connectivity index (χ0n) is 17.2. The largest absolute Gasteiger partial charge is 0.478 e. The summed E-state index contributed by atoms with van der Waals surface area (Å²) in [7, 11) is 0. The monoisotopic (exact) mass is 447 g/mol. The maximum absolute atomic E-state index is 13.4. The Kier molecular flexibility index (Phi) is 7.30. The Morgan fingerprint density at radius 2 is 1.97 bits per heavy atom. The molecule has 1 atom stereocenters. The molecule has 0 saturated carbocycles. The van der Waals surface area contributed by atoms with Crippen molar-refractivity contribution in [2.45, 2.75) is 26.4 Å². The Labute approximate surface area is 183 Å². The Morgan fingerprint density at radius 3 is 2.61 bits per heavy atom. The molecule has 164 valence electrons. The van der Waals surface area contributed by atoms with Crippen molar-refractivity contribution in [1.29, 1.82) is 0 Å². The molecule has 8 heteroatoms. The number of carbonyl (C=O) groups excluding carboxylic acids is 1. The Morgan fingerprint density at radius 1 is 1.19 bits per heavy atom. The number of aliphatic hydroxyl groups is 1. The van der Waals surface area contributed by atoms with Gasteiger partial charge in [0.15, 0.2) is 6.10 Å². The molecule has 1 aromatic heterocycles. The van der Waals surface area contributed by atoms with Crippen LogP contribution < -0.4 is 10.4 Å². The first-order valence-electron chi connectivity index (χ1n) is 9.97. The summed E-state index contributed by atoms with van der Waals surface area (Å²) in [4.78, 5) is 26.4. The van der Waals surface area contributed by atoms with Crippen LogP contribution in [0.5, 0.6) is 5.75 Å². The first-order valence-corrected chi connectivity index (χ1v) is 10.3. The summed E-state index contributed by atoms with van der Waals surface area (Å²) in [6.07, 6.45) is -0.293. The number of amides is 1. The number of fused-ring (bicyclic) bond motifs is 1. The van der Waals surface area contributed by atoms with Crippen LogP contribution >= 0.6 is 11.6 Å².